The summed E-state index contributed by atoms with van der Waals surface area (Å²) in [6.45, 7) is 0.372. The van der Waals surface area contributed by atoms with E-state index in [1.165, 1.54) is 11.6 Å². The number of aryl methyl sites for hydroxylation is 1. The number of hydrogen-bond donors (Lipinski definition) is 2. The molecular weight excluding hydrogens is 309 g/mol. The number of methoxy groups -OCH3 is 2. The number of halogens is 1. The van der Waals surface area contributed by atoms with Crippen LogP contribution < -0.4 is 14.8 Å². The molecule has 0 amide bonds. The van der Waals surface area contributed by atoms with Crippen LogP contribution in [0.3, 0.4) is 0 Å². The molecule has 0 aromatic heterocycles. The number of rotatable bonds is 6. The van der Waals surface area contributed by atoms with Gasteiger partial charge >= 0.3 is 0 Å². The van der Waals surface area contributed by atoms with Gasteiger partial charge in [-0.2, -0.15) is 0 Å². The van der Waals surface area contributed by atoms with Crippen LogP contribution in [-0.2, 0) is 6.42 Å². The summed E-state index contributed by atoms with van der Waals surface area (Å²) in [5, 5.41) is 13.8. The quantitative estimate of drug-likeness (QED) is 0.854. The molecule has 0 heterocycles. The van der Waals surface area contributed by atoms with Gasteiger partial charge in [0.05, 0.1) is 20.3 Å². The van der Waals surface area contributed by atoms with Gasteiger partial charge in [0.2, 0.25) is 0 Å². The third kappa shape index (κ3) is 3.52. The third-order valence-electron chi connectivity index (χ3n) is 4.50. The summed E-state index contributed by atoms with van der Waals surface area (Å²) in [7, 11) is 3.15. The molecule has 0 fully saturated rings. The molecule has 2 aromatic rings. The topological polar surface area (TPSA) is 50.7 Å². The van der Waals surface area contributed by atoms with Gasteiger partial charge in [0.15, 0.2) is 0 Å². The van der Waals surface area contributed by atoms with E-state index in [1.807, 2.05) is 6.07 Å². The summed E-state index contributed by atoms with van der Waals surface area (Å²) >= 11 is 0. The molecule has 0 saturated carbocycles. The molecular formula is C19H22FNO3. The van der Waals surface area contributed by atoms with Crippen LogP contribution in [0.4, 0.5) is 4.39 Å². The number of hydrogen-bond acceptors (Lipinski definition) is 4. The zero-order valence-corrected chi connectivity index (χ0v) is 13.9. The molecule has 0 saturated heterocycles. The maximum atomic E-state index is 13.5. The SMILES string of the molecule is COc1cc(OC)cc(C(O)CNC2CCc3ccc(F)cc32)c1. The molecule has 2 N–H and O–H groups in total. The maximum absolute atomic E-state index is 13.5. The van der Waals surface area contributed by atoms with Crippen molar-refractivity contribution in [2.45, 2.75) is 25.0 Å². The smallest absolute Gasteiger partial charge is 0.123 e. The summed E-state index contributed by atoms with van der Waals surface area (Å²) in [6, 6.07) is 10.3. The van der Waals surface area contributed by atoms with Crippen LogP contribution in [0.15, 0.2) is 36.4 Å². The number of fused-ring (bicyclic) bond motifs is 1. The molecule has 0 bridgehead atoms. The highest BCUT2D eigenvalue weighted by Gasteiger charge is 2.23. The van der Waals surface area contributed by atoms with Crippen molar-refractivity contribution in [2.75, 3.05) is 20.8 Å². The van der Waals surface area contributed by atoms with E-state index >= 15 is 0 Å². The van der Waals surface area contributed by atoms with Crippen LogP contribution in [0.5, 0.6) is 11.5 Å². The summed E-state index contributed by atoms with van der Waals surface area (Å²) in [5.74, 6) is 1.05. The van der Waals surface area contributed by atoms with Crippen molar-refractivity contribution in [1.82, 2.24) is 5.32 Å². The van der Waals surface area contributed by atoms with Crippen molar-refractivity contribution in [2.24, 2.45) is 0 Å². The Balaban J connectivity index is 1.69. The molecule has 2 unspecified atom stereocenters. The van der Waals surface area contributed by atoms with Crippen LogP contribution in [0.1, 0.15) is 35.3 Å². The van der Waals surface area contributed by atoms with Crippen molar-refractivity contribution in [3.63, 3.8) is 0 Å². The van der Waals surface area contributed by atoms with Crippen LogP contribution in [0.25, 0.3) is 0 Å². The van der Waals surface area contributed by atoms with Crippen molar-refractivity contribution >= 4 is 0 Å². The summed E-state index contributed by atoms with van der Waals surface area (Å²) < 4.78 is 23.9. The van der Waals surface area contributed by atoms with E-state index in [2.05, 4.69) is 5.32 Å². The highest BCUT2D eigenvalue weighted by Crippen LogP contribution is 2.32. The number of ether oxygens (including phenoxy) is 2. The fourth-order valence-electron chi connectivity index (χ4n) is 3.18. The summed E-state index contributed by atoms with van der Waals surface area (Å²) in [5.41, 5.74) is 2.88. The molecule has 5 heteroatoms. The van der Waals surface area contributed by atoms with E-state index in [1.54, 1.807) is 38.5 Å². The maximum Gasteiger partial charge on any atom is 0.123 e. The Labute approximate surface area is 141 Å². The Morgan fingerprint density at radius 1 is 1.17 bits per heavy atom. The lowest BCUT2D eigenvalue weighted by Gasteiger charge is -2.19. The normalized spacial score (nSPS) is 17.4. The zero-order valence-electron chi connectivity index (χ0n) is 13.9. The van der Waals surface area contributed by atoms with Gasteiger partial charge < -0.3 is 19.9 Å². The zero-order chi connectivity index (χ0) is 17.1. The van der Waals surface area contributed by atoms with Gasteiger partial charge in [-0.15, -0.1) is 0 Å². The van der Waals surface area contributed by atoms with Gasteiger partial charge in [0, 0.05) is 18.7 Å². The third-order valence-corrected chi connectivity index (χ3v) is 4.50. The second-order valence-electron chi connectivity index (χ2n) is 6.00. The molecule has 24 heavy (non-hydrogen) atoms. The van der Waals surface area contributed by atoms with Crippen molar-refractivity contribution in [1.29, 1.82) is 0 Å². The molecule has 2 aromatic carbocycles. The van der Waals surface area contributed by atoms with E-state index in [9.17, 15) is 9.50 Å². The van der Waals surface area contributed by atoms with E-state index in [4.69, 9.17) is 9.47 Å². The first-order valence-electron chi connectivity index (χ1n) is 8.03. The molecule has 0 radical (unpaired) electrons. The molecule has 4 nitrogen and oxygen atoms in total. The predicted molar refractivity (Wildman–Crippen MR) is 90.0 cm³/mol. The highest BCUT2D eigenvalue weighted by atomic mass is 19.1. The number of benzene rings is 2. The van der Waals surface area contributed by atoms with Gasteiger partial charge in [-0.1, -0.05) is 6.07 Å². The van der Waals surface area contributed by atoms with Crippen molar-refractivity contribution in [3.8, 4) is 11.5 Å². The van der Waals surface area contributed by atoms with Crippen LogP contribution in [0.2, 0.25) is 0 Å². The first-order valence-corrected chi connectivity index (χ1v) is 8.03. The average Bonchev–Trinajstić information content (AvgIpc) is 3.01. The lowest BCUT2D eigenvalue weighted by Crippen LogP contribution is -2.25. The van der Waals surface area contributed by atoms with E-state index < -0.39 is 6.10 Å². The largest absolute Gasteiger partial charge is 0.497 e. The summed E-state index contributed by atoms with van der Waals surface area (Å²) in [4.78, 5) is 0. The van der Waals surface area contributed by atoms with Crippen LogP contribution in [-0.4, -0.2) is 25.9 Å². The standard InChI is InChI=1S/C19H22FNO3/c1-23-15-7-13(8-16(10-15)24-2)19(22)11-21-18-6-4-12-3-5-14(20)9-17(12)18/h3,5,7-10,18-19,21-22H,4,6,11H2,1-2H3. The highest BCUT2D eigenvalue weighted by molar-refractivity contribution is 5.39. The van der Waals surface area contributed by atoms with Gasteiger partial charge in [0.25, 0.3) is 0 Å². The van der Waals surface area contributed by atoms with Gasteiger partial charge in [0.1, 0.15) is 17.3 Å². The van der Waals surface area contributed by atoms with E-state index in [0.717, 1.165) is 24.0 Å². The monoisotopic (exact) mass is 331 g/mol. The molecule has 0 spiro atoms. The number of nitrogens with one attached hydrogen (secondary N) is 1. The first-order chi connectivity index (χ1) is 11.6. The average molecular weight is 331 g/mol. The second-order valence-corrected chi connectivity index (χ2v) is 6.00. The van der Waals surface area contributed by atoms with Gasteiger partial charge in [-0.05, 0) is 53.8 Å². The minimum atomic E-state index is -0.702. The Kier molecular flexibility index (Phi) is 5.02. The minimum Gasteiger partial charge on any atom is -0.497 e. The second kappa shape index (κ2) is 7.20. The van der Waals surface area contributed by atoms with Crippen LogP contribution >= 0.6 is 0 Å². The van der Waals surface area contributed by atoms with Crippen LogP contribution in [0, 0.1) is 5.82 Å². The lowest BCUT2D eigenvalue weighted by molar-refractivity contribution is 0.169. The first kappa shape index (κ1) is 16.7. The Morgan fingerprint density at radius 2 is 1.88 bits per heavy atom. The molecule has 3 rings (SSSR count). The molecule has 2 atom stereocenters. The van der Waals surface area contributed by atoms with Gasteiger partial charge in [-0.3, -0.25) is 0 Å². The fourth-order valence-corrected chi connectivity index (χ4v) is 3.18. The van der Waals surface area contributed by atoms with E-state index in [-0.39, 0.29) is 11.9 Å². The molecule has 128 valence electrons. The predicted octanol–water partition coefficient (Wildman–Crippen LogP) is 3.15. The van der Waals surface area contributed by atoms with Crippen molar-refractivity contribution in [3.05, 3.63) is 58.9 Å². The Bertz CT molecular complexity index is 698. The fraction of sp³-hybridized carbons (Fsp3) is 0.368. The van der Waals surface area contributed by atoms with Gasteiger partial charge in [-0.25, -0.2) is 4.39 Å². The summed E-state index contributed by atoms with van der Waals surface area (Å²) in [6.07, 6.45) is 1.13. The Hall–Kier alpha value is -2.11. The molecule has 0 aliphatic heterocycles. The molecule has 1 aliphatic rings. The number of aliphatic hydroxyl groups excluding tert-OH is 1. The number of aliphatic hydroxyl groups is 1. The Morgan fingerprint density at radius 3 is 2.54 bits per heavy atom. The van der Waals surface area contributed by atoms with E-state index in [0.29, 0.717) is 18.0 Å². The van der Waals surface area contributed by atoms with Crippen molar-refractivity contribution < 1.29 is 19.0 Å². The molecule has 1 aliphatic carbocycles. The minimum absolute atomic E-state index is 0.0675. The lowest BCUT2D eigenvalue weighted by atomic mass is 10.1.